The van der Waals surface area contributed by atoms with Crippen LogP contribution in [0.15, 0.2) is 30.5 Å². The molecule has 2 heterocycles. The van der Waals surface area contributed by atoms with Crippen molar-refractivity contribution < 1.29 is 9.72 Å². The Morgan fingerprint density at radius 2 is 2.22 bits per heavy atom. The zero-order chi connectivity index (χ0) is 13.1. The van der Waals surface area contributed by atoms with E-state index >= 15 is 0 Å². The van der Waals surface area contributed by atoms with Gasteiger partial charge in [-0.3, -0.25) is 14.9 Å². The number of hydrogen-bond acceptors (Lipinski definition) is 5. The third kappa shape index (κ3) is 2.69. The van der Waals surface area contributed by atoms with Crippen LogP contribution >= 0.6 is 11.3 Å². The predicted octanol–water partition coefficient (Wildman–Crippen LogP) is 2.61. The van der Waals surface area contributed by atoms with E-state index in [9.17, 15) is 14.9 Å². The minimum absolute atomic E-state index is 0.0580. The second-order valence-electron chi connectivity index (χ2n) is 3.57. The Morgan fingerprint density at radius 3 is 2.83 bits per heavy atom. The average Bonchev–Trinajstić information content (AvgIpc) is 2.78. The van der Waals surface area contributed by atoms with Crippen LogP contribution in [0, 0.1) is 17.0 Å². The van der Waals surface area contributed by atoms with E-state index in [1.807, 2.05) is 13.0 Å². The van der Waals surface area contributed by atoms with E-state index in [0.29, 0.717) is 5.82 Å². The summed E-state index contributed by atoms with van der Waals surface area (Å²) >= 11 is 0.834. The molecule has 0 aromatic carbocycles. The van der Waals surface area contributed by atoms with Crippen molar-refractivity contribution in [2.75, 3.05) is 5.32 Å². The monoisotopic (exact) mass is 263 g/mol. The maximum atomic E-state index is 11.8. The Kier molecular flexibility index (Phi) is 3.33. The van der Waals surface area contributed by atoms with Gasteiger partial charge in [-0.05, 0) is 30.7 Å². The van der Waals surface area contributed by atoms with Crippen LogP contribution in [0.25, 0.3) is 0 Å². The number of thiophene rings is 1. The van der Waals surface area contributed by atoms with E-state index in [1.54, 1.807) is 12.3 Å². The summed E-state index contributed by atoms with van der Waals surface area (Å²) in [5.74, 6) is 0.0299. The van der Waals surface area contributed by atoms with Crippen LogP contribution < -0.4 is 5.32 Å². The first-order valence-electron chi connectivity index (χ1n) is 5.04. The third-order valence-corrected chi connectivity index (χ3v) is 3.19. The smallest absolute Gasteiger partial charge is 0.306 e. The first-order chi connectivity index (χ1) is 8.56. The third-order valence-electron chi connectivity index (χ3n) is 2.15. The largest absolute Gasteiger partial charge is 0.324 e. The molecule has 0 fully saturated rings. The minimum Gasteiger partial charge on any atom is -0.306 e. The maximum Gasteiger partial charge on any atom is 0.324 e. The number of nitro groups is 1. The highest BCUT2D eigenvalue weighted by Gasteiger charge is 2.15. The van der Waals surface area contributed by atoms with E-state index in [2.05, 4.69) is 10.3 Å². The number of carbonyl (C=O) groups is 1. The summed E-state index contributed by atoms with van der Waals surface area (Å²) in [4.78, 5) is 26.1. The van der Waals surface area contributed by atoms with Crippen LogP contribution in [0.5, 0.6) is 0 Å². The number of rotatable bonds is 3. The number of aromatic nitrogens is 1. The van der Waals surface area contributed by atoms with Gasteiger partial charge in [-0.1, -0.05) is 11.3 Å². The van der Waals surface area contributed by atoms with E-state index in [1.165, 1.54) is 12.1 Å². The number of amides is 1. The molecule has 6 nitrogen and oxygen atoms in total. The fourth-order valence-electron chi connectivity index (χ4n) is 1.33. The van der Waals surface area contributed by atoms with Crippen LogP contribution in [0.2, 0.25) is 0 Å². The SMILES string of the molecule is Cc1ccnc(NC(=O)c2ccc([N+](=O)[O-])s2)c1. The molecule has 2 rings (SSSR count). The molecule has 0 bridgehead atoms. The van der Waals surface area contributed by atoms with Crippen molar-refractivity contribution in [3.05, 3.63) is 51.0 Å². The van der Waals surface area contributed by atoms with Crippen molar-refractivity contribution >= 4 is 28.1 Å². The van der Waals surface area contributed by atoms with Crippen molar-refractivity contribution in [1.82, 2.24) is 4.98 Å². The molecule has 2 aromatic rings. The number of carbonyl (C=O) groups excluding carboxylic acids is 1. The van der Waals surface area contributed by atoms with Gasteiger partial charge in [-0.25, -0.2) is 4.98 Å². The first kappa shape index (κ1) is 12.2. The maximum absolute atomic E-state index is 11.8. The molecule has 0 aliphatic carbocycles. The molecule has 0 radical (unpaired) electrons. The van der Waals surface area contributed by atoms with Gasteiger partial charge in [0.1, 0.15) is 5.82 Å². The fourth-order valence-corrected chi connectivity index (χ4v) is 2.05. The van der Waals surface area contributed by atoms with Crippen LogP contribution in [-0.4, -0.2) is 15.8 Å². The molecule has 0 saturated heterocycles. The van der Waals surface area contributed by atoms with Crippen molar-refractivity contribution in [2.24, 2.45) is 0 Å². The minimum atomic E-state index is -0.521. The fraction of sp³-hybridized carbons (Fsp3) is 0.0909. The summed E-state index contributed by atoms with van der Waals surface area (Å²) in [6.45, 7) is 1.88. The molecule has 92 valence electrons. The first-order valence-corrected chi connectivity index (χ1v) is 5.86. The van der Waals surface area contributed by atoms with E-state index in [4.69, 9.17) is 0 Å². The van der Waals surface area contributed by atoms with Crippen molar-refractivity contribution in [2.45, 2.75) is 6.92 Å². The summed E-state index contributed by atoms with van der Waals surface area (Å²) < 4.78 is 0. The number of pyridine rings is 1. The second kappa shape index (κ2) is 4.92. The molecule has 0 saturated carbocycles. The Bertz CT molecular complexity index is 609. The van der Waals surface area contributed by atoms with Gasteiger partial charge < -0.3 is 5.32 Å². The lowest BCUT2D eigenvalue weighted by atomic mass is 10.3. The van der Waals surface area contributed by atoms with Gasteiger partial charge >= 0.3 is 5.00 Å². The van der Waals surface area contributed by atoms with Crippen molar-refractivity contribution in [1.29, 1.82) is 0 Å². The Labute approximate surface area is 106 Å². The Morgan fingerprint density at radius 1 is 1.44 bits per heavy atom. The molecule has 1 N–H and O–H groups in total. The number of aryl methyl sites for hydroxylation is 1. The second-order valence-corrected chi connectivity index (χ2v) is 4.63. The van der Waals surface area contributed by atoms with Crippen LogP contribution in [-0.2, 0) is 0 Å². The lowest BCUT2D eigenvalue weighted by molar-refractivity contribution is -0.380. The number of nitrogens with one attached hydrogen (secondary N) is 1. The molecule has 18 heavy (non-hydrogen) atoms. The summed E-state index contributed by atoms with van der Waals surface area (Å²) in [6.07, 6.45) is 1.59. The van der Waals surface area contributed by atoms with Gasteiger partial charge in [-0.15, -0.1) is 0 Å². The van der Waals surface area contributed by atoms with Crippen LogP contribution in [0.4, 0.5) is 10.8 Å². The van der Waals surface area contributed by atoms with Gasteiger partial charge in [-0.2, -0.15) is 0 Å². The molecule has 0 aliphatic rings. The summed E-state index contributed by atoms with van der Waals surface area (Å²) in [7, 11) is 0. The summed E-state index contributed by atoms with van der Waals surface area (Å²) in [5, 5.41) is 13.0. The standard InChI is InChI=1S/C11H9N3O3S/c1-7-4-5-12-9(6-7)13-11(15)8-2-3-10(18-8)14(16)17/h2-6H,1H3,(H,12,13,15). The lowest BCUT2D eigenvalue weighted by Gasteiger charge is -2.02. The van der Waals surface area contributed by atoms with Crippen LogP contribution in [0.1, 0.15) is 15.2 Å². The molecule has 0 aliphatic heterocycles. The van der Waals surface area contributed by atoms with Gasteiger partial charge in [0.25, 0.3) is 5.91 Å². The molecule has 1 amide bonds. The highest BCUT2D eigenvalue weighted by Crippen LogP contribution is 2.24. The highest BCUT2D eigenvalue weighted by molar-refractivity contribution is 7.17. The highest BCUT2D eigenvalue weighted by atomic mass is 32.1. The Balaban J connectivity index is 2.14. The van der Waals surface area contributed by atoms with Gasteiger partial charge in [0.05, 0.1) is 9.80 Å². The molecule has 0 atom stereocenters. The molecule has 0 unspecified atom stereocenters. The molecule has 7 heteroatoms. The van der Waals surface area contributed by atoms with Crippen molar-refractivity contribution in [3.63, 3.8) is 0 Å². The zero-order valence-corrected chi connectivity index (χ0v) is 10.2. The quantitative estimate of drug-likeness (QED) is 0.681. The number of anilines is 1. The van der Waals surface area contributed by atoms with Gasteiger partial charge in [0, 0.05) is 12.3 Å². The van der Waals surface area contributed by atoms with E-state index in [0.717, 1.165) is 16.9 Å². The Hall–Kier alpha value is -2.28. The lowest BCUT2D eigenvalue weighted by Crippen LogP contribution is -2.11. The molecular weight excluding hydrogens is 254 g/mol. The molecular formula is C11H9N3O3S. The van der Waals surface area contributed by atoms with Gasteiger partial charge in [0.2, 0.25) is 0 Å². The summed E-state index contributed by atoms with van der Waals surface area (Å²) in [6, 6.07) is 6.27. The average molecular weight is 263 g/mol. The zero-order valence-electron chi connectivity index (χ0n) is 9.41. The topological polar surface area (TPSA) is 85.1 Å². The van der Waals surface area contributed by atoms with Crippen molar-refractivity contribution in [3.8, 4) is 0 Å². The van der Waals surface area contributed by atoms with E-state index < -0.39 is 10.8 Å². The summed E-state index contributed by atoms with van der Waals surface area (Å²) in [5.41, 5.74) is 0.970. The molecule has 2 aromatic heterocycles. The van der Waals surface area contributed by atoms with Crippen LogP contribution in [0.3, 0.4) is 0 Å². The molecule has 0 spiro atoms. The number of nitrogens with zero attached hydrogens (tertiary/aromatic N) is 2. The number of hydrogen-bond donors (Lipinski definition) is 1. The van der Waals surface area contributed by atoms with E-state index in [-0.39, 0.29) is 9.88 Å². The normalized spacial score (nSPS) is 10.1. The van der Waals surface area contributed by atoms with Gasteiger partial charge in [0.15, 0.2) is 0 Å². The predicted molar refractivity (Wildman–Crippen MR) is 67.9 cm³/mol.